The molecule has 0 bridgehead atoms. The van der Waals surface area contributed by atoms with Gasteiger partial charge in [0.1, 0.15) is 5.82 Å². The average Bonchev–Trinajstić information content (AvgIpc) is 3.08. The maximum Gasteiger partial charge on any atom is 0.261 e. The van der Waals surface area contributed by atoms with Crippen molar-refractivity contribution in [2.45, 2.75) is 25.3 Å². The molecule has 3 aromatic carbocycles. The highest BCUT2D eigenvalue weighted by Crippen LogP contribution is 2.23. The standard InChI is InChI=1S/C24H23ClN4O3S/c1-16-6-5-7-18(14-16)28-33(31,32)19-10-11-21(25)20(15-19)24(30)26-12-13-29-17(2)27-22-8-3-4-9-23(22)29/h3-11,14-15,28H,12-13H2,1-2H3,(H,26,30). The molecule has 33 heavy (non-hydrogen) atoms. The molecule has 0 spiro atoms. The fourth-order valence-electron chi connectivity index (χ4n) is 3.62. The van der Waals surface area contributed by atoms with Gasteiger partial charge in [-0.25, -0.2) is 13.4 Å². The van der Waals surface area contributed by atoms with Gasteiger partial charge >= 0.3 is 0 Å². The number of hydrogen-bond donors (Lipinski definition) is 2. The molecule has 0 saturated heterocycles. The number of hydrogen-bond acceptors (Lipinski definition) is 4. The first-order chi connectivity index (χ1) is 15.7. The van der Waals surface area contributed by atoms with Crippen LogP contribution in [0, 0.1) is 13.8 Å². The van der Waals surface area contributed by atoms with E-state index >= 15 is 0 Å². The van der Waals surface area contributed by atoms with Gasteiger partial charge in [0.2, 0.25) is 0 Å². The maximum absolute atomic E-state index is 12.8. The van der Waals surface area contributed by atoms with Gasteiger partial charge in [0, 0.05) is 18.8 Å². The summed E-state index contributed by atoms with van der Waals surface area (Å²) in [5, 5.41) is 2.99. The summed E-state index contributed by atoms with van der Waals surface area (Å²) in [6.45, 7) is 4.63. The molecule has 2 N–H and O–H groups in total. The summed E-state index contributed by atoms with van der Waals surface area (Å²) in [6, 6.07) is 18.9. The lowest BCUT2D eigenvalue weighted by molar-refractivity contribution is 0.0952. The number of sulfonamides is 1. The number of para-hydroxylation sites is 2. The number of carbonyl (C=O) groups excluding carboxylic acids is 1. The number of fused-ring (bicyclic) bond motifs is 1. The van der Waals surface area contributed by atoms with E-state index in [4.69, 9.17) is 11.6 Å². The molecule has 0 radical (unpaired) electrons. The van der Waals surface area contributed by atoms with Crippen LogP contribution in [0.3, 0.4) is 0 Å². The van der Waals surface area contributed by atoms with E-state index in [9.17, 15) is 13.2 Å². The van der Waals surface area contributed by atoms with Crippen molar-refractivity contribution in [1.29, 1.82) is 0 Å². The van der Waals surface area contributed by atoms with Crippen molar-refractivity contribution in [2.24, 2.45) is 0 Å². The second-order valence-corrected chi connectivity index (χ2v) is 9.76. The molecule has 7 nitrogen and oxygen atoms in total. The molecule has 1 amide bonds. The predicted octanol–water partition coefficient (Wildman–Crippen LogP) is 4.54. The minimum absolute atomic E-state index is 0.0463. The first kappa shape index (κ1) is 22.8. The van der Waals surface area contributed by atoms with Crippen molar-refractivity contribution in [2.75, 3.05) is 11.3 Å². The number of aryl methyl sites for hydroxylation is 2. The minimum atomic E-state index is -3.89. The predicted molar refractivity (Wildman–Crippen MR) is 130 cm³/mol. The molecule has 1 aromatic heterocycles. The highest BCUT2D eigenvalue weighted by molar-refractivity contribution is 7.92. The van der Waals surface area contributed by atoms with E-state index in [1.165, 1.54) is 18.2 Å². The third-order valence-electron chi connectivity index (χ3n) is 5.23. The summed E-state index contributed by atoms with van der Waals surface area (Å²) >= 11 is 6.21. The molecular formula is C24H23ClN4O3S. The van der Waals surface area contributed by atoms with Crippen molar-refractivity contribution in [1.82, 2.24) is 14.9 Å². The van der Waals surface area contributed by atoms with Crippen molar-refractivity contribution >= 4 is 44.3 Å². The monoisotopic (exact) mass is 482 g/mol. The zero-order valence-corrected chi connectivity index (χ0v) is 19.7. The lowest BCUT2D eigenvalue weighted by Crippen LogP contribution is -2.28. The SMILES string of the molecule is Cc1cccc(NS(=O)(=O)c2ccc(Cl)c(C(=O)NCCn3c(C)nc4ccccc43)c2)c1. The Labute approximate surface area is 197 Å². The van der Waals surface area contributed by atoms with Crippen LogP contribution in [0.15, 0.2) is 71.6 Å². The Morgan fingerprint density at radius 2 is 1.82 bits per heavy atom. The first-order valence-corrected chi connectivity index (χ1v) is 12.2. The molecule has 0 aliphatic rings. The van der Waals surface area contributed by atoms with Crippen molar-refractivity contribution in [3.05, 3.63) is 88.7 Å². The molecular weight excluding hydrogens is 460 g/mol. The lowest BCUT2D eigenvalue weighted by Gasteiger charge is -2.12. The van der Waals surface area contributed by atoms with Crippen molar-refractivity contribution in [3.8, 4) is 0 Å². The number of carbonyl (C=O) groups is 1. The molecule has 4 rings (SSSR count). The fraction of sp³-hybridized carbons (Fsp3) is 0.167. The molecule has 170 valence electrons. The Bertz CT molecular complexity index is 1450. The number of amides is 1. The molecule has 0 aliphatic heterocycles. The van der Waals surface area contributed by atoms with Crippen molar-refractivity contribution < 1.29 is 13.2 Å². The largest absolute Gasteiger partial charge is 0.350 e. The molecule has 4 aromatic rings. The molecule has 0 aliphatic carbocycles. The van der Waals surface area contributed by atoms with Crippen LogP contribution >= 0.6 is 11.6 Å². The number of imidazole rings is 1. The Hall–Kier alpha value is -3.36. The number of nitrogens with one attached hydrogen (secondary N) is 2. The van der Waals surface area contributed by atoms with Gasteiger partial charge in [0.05, 0.1) is 26.5 Å². The van der Waals surface area contributed by atoms with Gasteiger partial charge in [-0.1, -0.05) is 35.9 Å². The van der Waals surface area contributed by atoms with E-state index in [1.54, 1.807) is 18.2 Å². The Balaban J connectivity index is 1.49. The van der Waals surface area contributed by atoms with Gasteiger partial charge in [-0.05, 0) is 61.9 Å². The van der Waals surface area contributed by atoms with Crippen LogP contribution in [0.5, 0.6) is 0 Å². The number of rotatable bonds is 7. The van der Waals surface area contributed by atoms with E-state index in [0.29, 0.717) is 18.8 Å². The smallest absolute Gasteiger partial charge is 0.261 e. The van der Waals surface area contributed by atoms with Crippen molar-refractivity contribution in [3.63, 3.8) is 0 Å². The van der Waals surface area contributed by atoms with E-state index in [0.717, 1.165) is 22.4 Å². The number of halogens is 1. The van der Waals surface area contributed by atoms with Crippen LogP contribution < -0.4 is 10.0 Å². The summed E-state index contributed by atoms with van der Waals surface area (Å²) in [4.78, 5) is 17.3. The highest BCUT2D eigenvalue weighted by Gasteiger charge is 2.19. The van der Waals surface area contributed by atoms with Crippen LogP contribution in [0.1, 0.15) is 21.7 Å². The summed E-state index contributed by atoms with van der Waals surface area (Å²) in [5.74, 6) is 0.397. The van der Waals surface area contributed by atoms with Gasteiger partial charge < -0.3 is 9.88 Å². The average molecular weight is 483 g/mol. The Morgan fingerprint density at radius 3 is 2.61 bits per heavy atom. The summed E-state index contributed by atoms with van der Waals surface area (Å²) in [5.41, 5.74) is 3.34. The third kappa shape index (κ3) is 5.02. The Morgan fingerprint density at radius 1 is 1.03 bits per heavy atom. The summed E-state index contributed by atoms with van der Waals surface area (Å²) < 4.78 is 30.2. The summed E-state index contributed by atoms with van der Waals surface area (Å²) in [6.07, 6.45) is 0. The second-order valence-electron chi connectivity index (χ2n) is 7.67. The maximum atomic E-state index is 12.8. The van der Waals surface area contributed by atoms with Crippen LogP contribution in [0.2, 0.25) is 5.02 Å². The van der Waals surface area contributed by atoms with Crippen LogP contribution in [-0.2, 0) is 16.6 Å². The van der Waals surface area contributed by atoms with Gasteiger partial charge in [-0.15, -0.1) is 0 Å². The first-order valence-electron chi connectivity index (χ1n) is 10.3. The normalized spacial score (nSPS) is 11.5. The minimum Gasteiger partial charge on any atom is -0.350 e. The number of aromatic nitrogens is 2. The van der Waals surface area contributed by atoms with E-state index < -0.39 is 15.9 Å². The summed E-state index contributed by atoms with van der Waals surface area (Å²) in [7, 11) is -3.89. The van der Waals surface area contributed by atoms with Gasteiger partial charge in [-0.3, -0.25) is 9.52 Å². The zero-order valence-electron chi connectivity index (χ0n) is 18.2. The quantitative estimate of drug-likeness (QED) is 0.404. The second kappa shape index (κ2) is 9.25. The molecule has 1 heterocycles. The molecule has 0 unspecified atom stereocenters. The zero-order chi connectivity index (χ0) is 23.6. The molecule has 9 heteroatoms. The highest BCUT2D eigenvalue weighted by atomic mass is 35.5. The third-order valence-corrected chi connectivity index (χ3v) is 6.94. The Kier molecular flexibility index (Phi) is 6.40. The fourth-order valence-corrected chi connectivity index (χ4v) is 4.90. The van der Waals surface area contributed by atoms with Crippen LogP contribution in [0.25, 0.3) is 11.0 Å². The topological polar surface area (TPSA) is 93.1 Å². The number of nitrogens with zero attached hydrogens (tertiary/aromatic N) is 2. The van der Waals surface area contributed by atoms with Gasteiger partial charge in [-0.2, -0.15) is 0 Å². The van der Waals surface area contributed by atoms with Gasteiger partial charge in [0.15, 0.2) is 0 Å². The van der Waals surface area contributed by atoms with Crippen LogP contribution in [0.4, 0.5) is 5.69 Å². The van der Waals surface area contributed by atoms with E-state index in [2.05, 4.69) is 15.0 Å². The molecule has 0 atom stereocenters. The lowest BCUT2D eigenvalue weighted by atomic mass is 10.2. The molecule has 0 saturated carbocycles. The van der Waals surface area contributed by atoms with Gasteiger partial charge in [0.25, 0.3) is 15.9 Å². The number of benzene rings is 3. The van der Waals surface area contributed by atoms with Crippen LogP contribution in [-0.4, -0.2) is 30.4 Å². The van der Waals surface area contributed by atoms with E-state index in [-0.39, 0.29) is 15.5 Å². The number of anilines is 1. The molecule has 0 fully saturated rings. The van der Waals surface area contributed by atoms with E-state index in [1.807, 2.05) is 48.7 Å².